The first-order chi connectivity index (χ1) is 37.9. The highest BCUT2D eigenvalue weighted by Crippen LogP contribution is 2.86. The van der Waals surface area contributed by atoms with Crippen LogP contribution in [0.3, 0.4) is 0 Å². The van der Waals surface area contributed by atoms with Gasteiger partial charge in [-0.2, -0.15) is 0 Å². The van der Waals surface area contributed by atoms with E-state index in [2.05, 4.69) is 28.9 Å². The summed E-state index contributed by atoms with van der Waals surface area (Å²) in [6, 6.07) is 0.0575. The van der Waals surface area contributed by atoms with Gasteiger partial charge in [-0.05, 0) is 325 Å². The van der Waals surface area contributed by atoms with E-state index in [0.29, 0.717) is 19.8 Å². The van der Waals surface area contributed by atoms with Crippen LogP contribution in [0.15, 0.2) is 29.5 Å². The maximum Gasteiger partial charge on any atom is 0.0941 e. The number of rotatable bonds is 8. The van der Waals surface area contributed by atoms with Crippen LogP contribution in [-0.4, -0.2) is 50.6 Å². The van der Waals surface area contributed by atoms with Gasteiger partial charge < -0.3 is 15.2 Å². The van der Waals surface area contributed by atoms with Crippen LogP contribution in [0.2, 0.25) is 0 Å². The molecule has 4 heteroatoms. The number of hydrogen-bond donors (Lipinski definition) is 1. The predicted molar refractivity (Wildman–Crippen MR) is 316 cm³/mol. The van der Waals surface area contributed by atoms with Crippen molar-refractivity contribution in [2.75, 3.05) is 39.6 Å². The van der Waals surface area contributed by atoms with Crippen LogP contribution >= 0.6 is 0 Å². The van der Waals surface area contributed by atoms with E-state index in [0.717, 1.165) is 13.1 Å². The number of likely N-dealkylation sites (tertiary alicyclic amines) is 1. The van der Waals surface area contributed by atoms with Crippen LogP contribution in [-0.2, 0) is 20.3 Å². The molecule has 1 aliphatic heterocycles. The Bertz CT molecular complexity index is 7650. The smallest absolute Gasteiger partial charge is 0.0941 e. The fraction of sp³-hybridized carbons (Fsp3) is 0.125. The van der Waals surface area contributed by atoms with Gasteiger partial charge in [-0.1, -0.05) is 6.08 Å². The molecule has 0 aromatic heterocycles. The number of nitrogens with two attached hydrogens (primary N) is 1. The molecule has 3 atom stereocenters. The van der Waals surface area contributed by atoms with Crippen molar-refractivity contribution in [3.05, 3.63) is 51.8 Å². The van der Waals surface area contributed by atoms with E-state index in [1.807, 2.05) is 0 Å². The van der Waals surface area contributed by atoms with Gasteiger partial charge in [-0.25, -0.2) is 0 Å². The van der Waals surface area contributed by atoms with Gasteiger partial charge in [0.25, 0.3) is 0 Å². The predicted octanol–water partition coefficient (Wildman–Crippen LogP) is 16.6. The molecule has 0 radical (unpaired) electrons. The molecule has 4 nitrogen and oxygen atoms in total. The zero-order chi connectivity index (χ0) is 45.7. The van der Waals surface area contributed by atoms with E-state index >= 15 is 0 Å². The van der Waals surface area contributed by atoms with Gasteiger partial charge in [0.15, 0.2) is 0 Å². The van der Waals surface area contributed by atoms with E-state index in [-0.39, 0.29) is 18.2 Å². The summed E-state index contributed by atoms with van der Waals surface area (Å²) in [5.41, 5.74) is 17.4. The maximum absolute atomic E-state index is 6.64. The normalized spacial score (nSPS) is 23.6. The van der Waals surface area contributed by atoms with Crippen LogP contribution in [0.25, 0.3) is 291 Å². The second-order valence-electron chi connectivity index (χ2n) is 27.1. The Kier molecular flexibility index (Phi) is 2.88. The van der Waals surface area contributed by atoms with Crippen LogP contribution in [0.4, 0.5) is 0 Å². The quantitative estimate of drug-likeness (QED) is 0.0714. The molecule has 0 saturated carbocycles. The maximum atomic E-state index is 6.64. The van der Waals surface area contributed by atoms with E-state index in [1.165, 1.54) is 5.57 Å². The molecular formula is C72H18N2O2. The summed E-state index contributed by atoms with van der Waals surface area (Å²) in [7, 11) is 0. The summed E-state index contributed by atoms with van der Waals surface area (Å²) in [6.45, 7) is 3.76. The molecule has 5 aliphatic carbocycles. The molecule has 1 saturated heterocycles. The number of ether oxygens (including phenoxy) is 2. The highest BCUT2D eigenvalue weighted by atomic mass is 16.5. The lowest BCUT2D eigenvalue weighted by Gasteiger charge is -2.50. The minimum absolute atomic E-state index is 0.0575. The van der Waals surface area contributed by atoms with Crippen LogP contribution < -0.4 is 5.73 Å². The van der Waals surface area contributed by atoms with Gasteiger partial charge in [0.2, 0.25) is 0 Å². The average molecular weight is 943 g/mol. The standard InChI is InChI=1S/C72H18N2O2/c73-10-76-8-7-75-6-5-74-9-71-66-59-52-40-32-23-14-12-13-15-18(14)27-34(32)42-43-35(27)33-24(15)26-22-17(13)20-19-16(12)21-25(23)38(40)46-44-30(21)28(19)36-37-29(20)31(22)45-47-39(26)41(33)53-55(43)64(63(66)54(42)52)68-61(53)58(47)62-51(45)49(37)56-48(36)50(44)60(57(46)59)67(71)65(56)69(62)72(68,71)70(74)11-3-1-2-4-11/h1-3,70H,5-10,73H2. The molecule has 328 valence electrons. The van der Waals surface area contributed by atoms with E-state index in [1.54, 1.807) is 313 Å². The molecule has 1 fully saturated rings. The van der Waals surface area contributed by atoms with E-state index in [4.69, 9.17) is 15.2 Å². The Morgan fingerprint density at radius 1 is 0.355 bits per heavy atom. The number of nitrogens with zero attached hydrogens (tertiary/aromatic N) is 1. The summed E-state index contributed by atoms with van der Waals surface area (Å²) >= 11 is 0. The highest BCUT2D eigenvalue weighted by Gasteiger charge is 2.76. The SMILES string of the molecule is NCOCCOCCN1CC23c4c5c6c7c8c9c(c%10c%11c2c2c%12c4c4c%13c5c5c7c7c8c8c%14c9c%10c9c%10c%11c2c2c%11c%12c4c4c%12c%13c5c5c7c7c8c8c%14c9c9c%10c2c2c%11c4c4c%12c5c7c5c8c9c2c45)C63C1C1=C=CC=C1. The first-order valence-corrected chi connectivity index (χ1v) is 28.4. The molecule has 6 aliphatic rings. The Hall–Kier alpha value is -8.44. The lowest BCUT2D eigenvalue weighted by Crippen LogP contribution is -2.53. The van der Waals surface area contributed by atoms with Crippen molar-refractivity contribution in [2.24, 2.45) is 5.73 Å². The van der Waals surface area contributed by atoms with Crippen LogP contribution in [0.5, 0.6) is 0 Å². The number of hydrogen-bond acceptors (Lipinski definition) is 4. The van der Waals surface area contributed by atoms with Gasteiger partial charge in [-0.3, -0.25) is 4.90 Å². The average Bonchev–Trinajstić information content (AvgIpc) is 1.74. The summed E-state index contributed by atoms with van der Waals surface area (Å²) in [4.78, 5) is 2.98. The lowest BCUT2D eigenvalue weighted by molar-refractivity contribution is 0.0397. The minimum atomic E-state index is -0.397. The molecule has 1 heterocycles. The van der Waals surface area contributed by atoms with Gasteiger partial charge in [-0.15, -0.1) is 5.73 Å². The first-order valence-electron chi connectivity index (χ1n) is 28.4. The Labute approximate surface area is 417 Å². The second-order valence-corrected chi connectivity index (χ2v) is 27.1. The Balaban J connectivity index is 1.05. The number of allylic oxidation sites excluding steroid dienone is 1. The molecule has 28 aromatic rings. The lowest BCUT2D eigenvalue weighted by atomic mass is 9.49. The molecule has 2 N–H and O–H groups in total. The summed E-state index contributed by atoms with van der Waals surface area (Å²) in [6.07, 6.45) is 7.03. The monoisotopic (exact) mass is 942 g/mol. The summed E-state index contributed by atoms with van der Waals surface area (Å²) < 4.78 is 12.3. The van der Waals surface area contributed by atoms with Crippen molar-refractivity contribution in [1.29, 1.82) is 0 Å². The number of benzene rings is 17. The van der Waals surface area contributed by atoms with Crippen molar-refractivity contribution >= 4 is 291 Å². The highest BCUT2D eigenvalue weighted by molar-refractivity contribution is 6.82. The van der Waals surface area contributed by atoms with E-state index < -0.39 is 5.41 Å². The van der Waals surface area contributed by atoms with Crippen molar-refractivity contribution in [3.8, 4) is 0 Å². The second kappa shape index (κ2) is 7.26. The first kappa shape index (κ1) is 30.2. The van der Waals surface area contributed by atoms with Crippen molar-refractivity contribution < 1.29 is 9.47 Å². The van der Waals surface area contributed by atoms with Gasteiger partial charge in [0.1, 0.15) is 0 Å². The van der Waals surface area contributed by atoms with Gasteiger partial charge in [0.05, 0.1) is 43.4 Å². The fourth-order valence-electron chi connectivity index (χ4n) is 26.6. The summed E-state index contributed by atoms with van der Waals surface area (Å²) in [5.74, 6) is 0. The third-order valence-corrected chi connectivity index (χ3v) is 26.7. The van der Waals surface area contributed by atoms with Gasteiger partial charge in [0, 0.05) is 18.7 Å². The van der Waals surface area contributed by atoms with E-state index in [9.17, 15) is 0 Å². The van der Waals surface area contributed by atoms with Crippen molar-refractivity contribution in [1.82, 2.24) is 4.90 Å². The third kappa shape index (κ3) is 1.72. The van der Waals surface area contributed by atoms with Crippen LogP contribution in [0.1, 0.15) is 22.3 Å². The molecule has 0 bridgehead atoms. The molecule has 3 unspecified atom stereocenters. The zero-order valence-electron chi connectivity index (χ0n) is 39.4. The summed E-state index contributed by atoms with van der Waals surface area (Å²) in [5, 5.41) is 89.1. The molecule has 34 rings (SSSR count). The molecule has 28 aromatic carbocycles. The third-order valence-electron chi connectivity index (χ3n) is 26.7. The fourth-order valence-corrected chi connectivity index (χ4v) is 26.6. The molecule has 76 heavy (non-hydrogen) atoms. The Morgan fingerprint density at radius 2 is 0.632 bits per heavy atom. The Morgan fingerprint density at radius 3 is 0.987 bits per heavy atom. The topological polar surface area (TPSA) is 47.7 Å². The van der Waals surface area contributed by atoms with Crippen molar-refractivity contribution in [3.63, 3.8) is 0 Å². The minimum Gasteiger partial charge on any atom is -0.378 e. The molecule has 0 amide bonds. The molecular weight excluding hydrogens is 925 g/mol. The molecule has 2 spiro atoms. The van der Waals surface area contributed by atoms with Gasteiger partial charge >= 0.3 is 0 Å². The zero-order valence-corrected chi connectivity index (χ0v) is 39.4. The van der Waals surface area contributed by atoms with Crippen LogP contribution in [0, 0.1) is 0 Å². The largest absolute Gasteiger partial charge is 0.378 e. The van der Waals surface area contributed by atoms with Crippen molar-refractivity contribution in [2.45, 2.75) is 16.9 Å².